The first-order chi connectivity index (χ1) is 11.7. The minimum absolute atomic E-state index is 0.136. The van der Waals surface area contributed by atoms with Crippen LogP contribution in [0, 0.1) is 0 Å². The van der Waals surface area contributed by atoms with Crippen LogP contribution < -0.4 is 14.4 Å². The van der Waals surface area contributed by atoms with Gasteiger partial charge in [0.1, 0.15) is 11.5 Å². The van der Waals surface area contributed by atoms with E-state index in [1.807, 2.05) is 24.3 Å². The number of fused-ring (bicyclic) bond motifs is 1. The number of amides is 1. The monoisotopic (exact) mass is 323 g/mol. The molecular formula is C19H17NO4. The number of para-hydroxylation sites is 1. The summed E-state index contributed by atoms with van der Waals surface area (Å²) in [5.41, 5.74) is 1.85. The SMILES string of the molecule is O=C(Oc1ccc(N2CCCC2=O)cc1)[C@H]1Cc2ccccc2O1. The van der Waals surface area contributed by atoms with Crippen molar-refractivity contribution in [1.82, 2.24) is 0 Å². The molecule has 1 amide bonds. The van der Waals surface area contributed by atoms with Gasteiger partial charge in [-0.05, 0) is 42.3 Å². The second kappa shape index (κ2) is 6.00. The zero-order valence-electron chi connectivity index (χ0n) is 13.1. The Morgan fingerprint density at radius 1 is 1.12 bits per heavy atom. The van der Waals surface area contributed by atoms with Gasteiger partial charge < -0.3 is 14.4 Å². The van der Waals surface area contributed by atoms with Gasteiger partial charge in [0.25, 0.3) is 0 Å². The molecule has 4 rings (SSSR count). The van der Waals surface area contributed by atoms with Crippen LogP contribution >= 0.6 is 0 Å². The Morgan fingerprint density at radius 3 is 2.62 bits per heavy atom. The molecule has 0 spiro atoms. The predicted molar refractivity (Wildman–Crippen MR) is 88.2 cm³/mol. The maximum atomic E-state index is 12.3. The molecule has 0 bridgehead atoms. The first-order valence-electron chi connectivity index (χ1n) is 8.07. The van der Waals surface area contributed by atoms with Crippen LogP contribution in [-0.4, -0.2) is 24.5 Å². The predicted octanol–water partition coefficient (Wildman–Crippen LogP) is 2.72. The van der Waals surface area contributed by atoms with Crippen LogP contribution in [0.15, 0.2) is 48.5 Å². The van der Waals surface area contributed by atoms with Gasteiger partial charge in [-0.25, -0.2) is 4.79 Å². The fourth-order valence-corrected chi connectivity index (χ4v) is 3.11. The van der Waals surface area contributed by atoms with Crippen molar-refractivity contribution in [3.8, 4) is 11.5 Å². The van der Waals surface area contributed by atoms with E-state index in [1.165, 1.54) is 0 Å². The van der Waals surface area contributed by atoms with Crippen molar-refractivity contribution in [2.45, 2.75) is 25.4 Å². The third kappa shape index (κ3) is 2.73. The van der Waals surface area contributed by atoms with E-state index < -0.39 is 12.1 Å². The Bertz CT molecular complexity index is 759. The highest BCUT2D eigenvalue weighted by atomic mass is 16.6. The third-order valence-corrected chi connectivity index (χ3v) is 4.35. The standard InChI is InChI=1S/C19H17NO4/c21-18-6-3-11-20(18)14-7-9-15(10-8-14)23-19(22)17-12-13-4-1-2-5-16(13)24-17/h1-2,4-5,7-10,17H,3,6,11-12H2/t17-/m1/s1. The number of benzene rings is 2. The summed E-state index contributed by atoms with van der Waals surface area (Å²) in [6.45, 7) is 0.742. The van der Waals surface area contributed by atoms with E-state index in [4.69, 9.17) is 9.47 Å². The second-order valence-corrected chi connectivity index (χ2v) is 5.98. The number of hydrogen-bond donors (Lipinski definition) is 0. The van der Waals surface area contributed by atoms with E-state index in [1.54, 1.807) is 29.2 Å². The highest BCUT2D eigenvalue weighted by molar-refractivity contribution is 5.95. The van der Waals surface area contributed by atoms with Gasteiger partial charge in [0.05, 0.1) is 0 Å². The van der Waals surface area contributed by atoms with E-state index in [0.717, 1.165) is 30.0 Å². The maximum absolute atomic E-state index is 12.3. The third-order valence-electron chi connectivity index (χ3n) is 4.35. The van der Waals surface area contributed by atoms with Gasteiger partial charge in [-0.1, -0.05) is 18.2 Å². The van der Waals surface area contributed by atoms with Gasteiger partial charge >= 0.3 is 5.97 Å². The smallest absolute Gasteiger partial charge is 0.353 e. The van der Waals surface area contributed by atoms with Crippen molar-refractivity contribution in [3.05, 3.63) is 54.1 Å². The first kappa shape index (κ1) is 14.8. The Morgan fingerprint density at radius 2 is 1.92 bits per heavy atom. The molecule has 0 radical (unpaired) electrons. The van der Waals surface area contributed by atoms with Gasteiger partial charge in [0.15, 0.2) is 6.10 Å². The molecule has 2 aromatic rings. The van der Waals surface area contributed by atoms with E-state index in [9.17, 15) is 9.59 Å². The van der Waals surface area contributed by atoms with Crippen molar-refractivity contribution in [3.63, 3.8) is 0 Å². The molecule has 1 saturated heterocycles. The van der Waals surface area contributed by atoms with Crippen LogP contribution in [0.4, 0.5) is 5.69 Å². The molecule has 2 aromatic carbocycles. The topological polar surface area (TPSA) is 55.8 Å². The van der Waals surface area contributed by atoms with Gasteiger partial charge in [-0.2, -0.15) is 0 Å². The molecule has 0 saturated carbocycles. The molecule has 2 aliphatic rings. The Hall–Kier alpha value is -2.82. The molecule has 5 heteroatoms. The number of esters is 1. The van der Waals surface area contributed by atoms with Crippen molar-refractivity contribution < 1.29 is 19.1 Å². The molecule has 0 unspecified atom stereocenters. The lowest BCUT2D eigenvalue weighted by atomic mass is 10.1. The Kier molecular flexibility index (Phi) is 3.69. The number of nitrogens with zero attached hydrogens (tertiary/aromatic N) is 1. The summed E-state index contributed by atoms with van der Waals surface area (Å²) in [7, 11) is 0. The van der Waals surface area contributed by atoms with Crippen molar-refractivity contribution in [1.29, 1.82) is 0 Å². The number of carbonyl (C=O) groups is 2. The first-order valence-corrected chi connectivity index (χ1v) is 8.07. The molecule has 0 N–H and O–H groups in total. The molecular weight excluding hydrogens is 306 g/mol. The summed E-state index contributed by atoms with van der Waals surface area (Å²) in [5.74, 6) is 0.922. The van der Waals surface area contributed by atoms with Crippen molar-refractivity contribution >= 4 is 17.6 Å². The lowest BCUT2D eigenvalue weighted by Crippen LogP contribution is -2.29. The average Bonchev–Trinajstić information content (AvgIpc) is 3.21. The zero-order chi connectivity index (χ0) is 16.5. The minimum Gasteiger partial charge on any atom is -0.478 e. The molecule has 122 valence electrons. The maximum Gasteiger partial charge on any atom is 0.353 e. The van der Waals surface area contributed by atoms with Crippen LogP contribution in [0.3, 0.4) is 0 Å². The summed E-state index contributed by atoms with van der Waals surface area (Å²) in [6, 6.07) is 14.6. The van der Waals surface area contributed by atoms with Gasteiger partial charge in [0.2, 0.25) is 5.91 Å². The number of carbonyl (C=O) groups excluding carboxylic acids is 2. The van der Waals surface area contributed by atoms with E-state index in [-0.39, 0.29) is 5.91 Å². The summed E-state index contributed by atoms with van der Waals surface area (Å²) in [5, 5.41) is 0. The minimum atomic E-state index is -0.609. The zero-order valence-corrected chi connectivity index (χ0v) is 13.1. The Labute approximate surface area is 139 Å². The largest absolute Gasteiger partial charge is 0.478 e. The molecule has 1 atom stereocenters. The molecule has 24 heavy (non-hydrogen) atoms. The van der Waals surface area contributed by atoms with Crippen LogP contribution in [0.1, 0.15) is 18.4 Å². The van der Waals surface area contributed by atoms with E-state index in [0.29, 0.717) is 18.6 Å². The van der Waals surface area contributed by atoms with Crippen LogP contribution in [-0.2, 0) is 16.0 Å². The highest BCUT2D eigenvalue weighted by Gasteiger charge is 2.30. The molecule has 2 heterocycles. The lowest BCUT2D eigenvalue weighted by molar-refractivity contribution is -0.141. The summed E-state index contributed by atoms with van der Waals surface area (Å²) < 4.78 is 11.0. The highest BCUT2D eigenvalue weighted by Crippen LogP contribution is 2.29. The fraction of sp³-hybridized carbons (Fsp3) is 0.263. The van der Waals surface area contributed by atoms with Crippen LogP contribution in [0.5, 0.6) is 11.5 Å². The van der Waals surface area contributed by atoms with Gasteiger partial charge in [-0.15, -0.1) is 0 Å². The summed E-state index contributed by atoms with van der Waals surface area (Å²) in [6.07, 6.45) is 1.39. The second-order valence-electron chi connectivity index (χ2n) is 5.98. The number of anilines is 1. The number of hydrogen-bond acceptors (Lipinski definition) is 4. The molecule has 5 nitrogen and oxygen atoms in total. The number of ether oxygens (including phenoxy) is 2. The van der Waals surface area contributed by atoms with Gasteiger partial charge in [-0.3, -0.25) is 4.79 Å². The van der Waals surface area contributed by atoms with Gasteiger partial charge in [0, 0.05) is 25.1 Å². The molecule has 0 aromatic heterocycles. The van der Waals surface area contributed by atoms with Crippen molar-refractivity contribution in [2.75, 3.05) is 11.4 Å². The van der Waals surface area contributed by atoms with Crippen LogP contribution in [0.25, 0.3) is 0 Å². The molecule has 1 fully saturated rings. The lowest BCUT2D eigenvalue weighted by Gasteiger charge is -2.16. The number of rotatable bonds is 3. The normalized spacial score (nSPS) is 19.1. The van der Waals surface area contributed by atoms with Crippen LogP contribution in [0.2, 0.25) is 0 Å². The van der Waals surface area contributed by atoms with Crippen molar-refractivity contribution in [2.24, 2.45) is 0 Å². The van der Waals surface area contributed by atoms with E-state index >= 15 is 0 Å². The molecule has 2 aliphatic heterocycles. The summed E-state index contributed by atoms with van der Waals surface area (Å²) in [4.78, 5) is 25.8. The molecule has 0 aliphatic carbocycles. The summed E-state index contributed by atoms with van der Waals surface area (Å²) >= 11 is 0. The van der Waals surface area contributed by atoms with E-state index in [2.05, 4.69) is 0 Å². The fourth-order valence-electron chi connectivity index (χ4n) is 3.11. The Balaban J connectivity index is 1.41. The average molecular weight is 323 g/mol. The quantitative estimate of drug-likeness (QED) is 0.644.